The molecule has 2 aliphatic heterocycles. The van der Waals surface area contributed by atoms with Crippen LogP contribution in [0.3, 0.4) is 0 Å². The highest BCUT2D eigenvalue weighted by molar-refractivity contribution is 8.17. The number of ether oxygens (including phenoxy) is 2. The molecule has 0 amide bonds. The first-order valence-electron chi connectivity index (χ1n) is 8.95. The van der Waals surface area contributed by atoms with Gasteiger partial charge in [0.15, 0.2) is 12.4 Å². The topological polar surface area (TPSA) is 181 Å². The Morgan fingerprint density at radius 2 is 1.77 bits per heavy atom. The second-order valence-corrected chi connectivity index (χ2v) is 9.54. The first-order chi connectivity index (χ1) is 14.2. The number of aliphatic hydroxyl groups is 5. The summed E-state index contributed by atoms with van der Waals surface area (Å²) in [6.07, 6.45) is -12.6. The maximum Gasteiger partial charge on any atom is 0.335 e. The van der Waals surface area contributed by atoms with Gasteiger partial charge in [-0.3, -0.25) is 0 Å². The average Bonchev–Trinajstić information content (AvgIpc) is 2.73. The van der Waals surface area contributed by atoms with Gasteiger partial charge < -0.3 is 40.1 Å². The zero-order valence-electron chi connectivity index (χ0n) is 15.4. The van der Waals surface area contributed by atoms with Crippen molar-refractivity contribution in [3.63, 3.8) is 0 Å². The number of nitriles is 1. The number of nitrogens with zero attached hydrogens (tertiary/aromatic N) is 1. The van der Waals surface area contributed by atoms with Crippen LogP contribution in [0.15, 0.2) is 29.2 Å². The molecular formula is C18H21NO9S2. The van der Waals surface area contributed by atoms with Crippen LogP contribution >= 0.6 is 23.5 Å². The fraction of sp³-hybridized carbons (Fsp3) is 0.556. The van der Waals surface area contributed by atoms with E-state index in [0.29, 0.717) is 5.56 Å². The van der Waals surface area contributed by atoms with Gasteiger partial charge in [0, 0.05) is 10.6 Å². The summed E-state index contributed by atoms with van der Waals surface area (Å²) >= 11 is 2.58. The van der Waals surface area contributed by atoms with Gasteiger partial charge in [0.05, 0.1) is 22.3 Å². The van der Waals surface area contributed by atoms with Crippen LogP contribution in [-0.4, -0.2) is 96.0 Å². The highest BCUT2D eigenvalue weighted by Crippen LogP contribution is 2.40. The van der Waals surface area contributed by atoms with Crippen LogP contribution in [0.2, 0.25) is 0 Å². The molecule has 12 heteroatoms. The van der Waals surface area contributed by atoms with Crippen LogP contribution in [0.25, 0.3) is 0 Å². The van der Waals surface area contributed by atoms with Gasteiger partial charge in [-0.1, -0.05) is 0 Å². The van der Waals surface area contributed by atoms with Crippen molar-refractivity contribution < 1.29 is 44.9 Å². The lowest BCUT2D eigenvalue weighted by Crippen LogP contribution is -2.62. The van der Waals surface area contributed by atoms with Crippen molar-refractivity contribution in [3.05, 3.63) is 29.8 Å². The number of rotatable bonds is 5. The van der Waals surface area contributed by atoms with Crippen molar-refractivity contribution in [2.24, 2.45) is 0 Å². The van der Waals surface area contributed by atoms with Crippen LogP contribution in [0.1, 0.15) is 5.56 Å². The summed E-state index contributed by atoms with van der Waals surface area (Å²) in [6, 6.07) is 8.73. The van der Waals surface area contributed by atoms with Gasteiger partial charge in [0.2, 0.25) is 0 Å². The highest BCUT2D eigenvalue weighted by atomic mass is 32.2. The Morgan fingerprint density at radius 1 is 1.10 bits per heavy atom. The fourth-order valence-electron chi connectivity index (χ4n) is 3.11. The van der Waals surface area contributed by atoms with E-state index >= 15 is 0 Å². The second kappa shape index (κ2) is 9.82. The molecule has 164 valence electrons. The summed E-state index contributed by atoms with van der Waals surface area (Å²) in [5, 5.41) is 68.8. The van der Waals surface area contributed by atoms with E-state index in [1.807, 2.05) is 6.07 Å². The minimum Gasteiger partial charge on any atom is -0.479 e. The first-order valence-corrected chi connectivity index (χ1v) is 10.9. The Bertz CT molecular complexity index is 789. The molecule has 30 heavy (non-hydrogen) atoms. The van der Waals surface area contributed by atoms with Crippen molar-refractivity contribution in [1.29, 1.82) is 5.26 Å². The predicted molar refractivity (Wildman–Crippen MR) is 104 cm³/mol. The molecule has 0 aromatic heterocycles. The minimum absolute atomic E-state index is 0.187. The Morgan fingerprint density at radius 3 is 2.37 bits per heavy atom. The summed E-state index contributed by atoms with van der Waals surface area (Å²) in [5.74, 6) is -1.37. The van der Waals surface area contributed by atoms with E-state index in [-0.39, 0.29) is 5.75 Å². The fourth-order valence-corrected chi connectivity index (χ4v) is 5.73. The number of benzene rings is 1. The number of thioether (sulfide) groups is 2. The normalized spacial score (nSPS) is 39.3. The molecule has 1 aromatic carbocycles. The number of carbonyl (C=O) groups is 1. The van der Waals surface area contributed by atoms with Gasteiger partial charge in [-0.25, -0.2) is 4.79 Å². The summed E-state index contributed by atoms with van der Waals surface area (Å²) in [5.41, 5.74) is 0.491. The van der Waals surface area contributed by atoms with Crippen LogP contribution in [0.4, 0.5) is 0 Å². The number of hydrogen-bond donors (Lipinski definition) is 6. The van der Waals surface area contributed by atoms with Gasteiger partial charge in [-0.15, -0.1) is 23.5 Å². The minimum atomic E-state index is -1.87. The van der Waals surface area contributed by atoms with Crippen molar-refractivity contribution in [2.75, 3.05) is 5.75 Å². The maximum atomic E-state index is 11.2. The van der Waals surface area contributed by atoms with E-state index in [4.69, 9.17) is 19.8 Å². The van der Waals surface area contributed by atoms with E-state index in [0.717, 1.165) is 4.90 Å². The molecular weight excluding hydrogens is 438 g/mol. The Hall–Kier alpha value is -1.40. The number of carboxylic acid groups (broad SMARTS) is 1. The lowest BCUT2D eigenvalue weighted by atomic mass is 9.98. The Balaban J connectivity index is 1.70. The monoisotopic (exact) mass is 459 g/mol. The summed E-state index contributed by atoms with van der Waals surface area (Å²) in [4.78, 5) is 12.0. The summed E-state index contributed by atoms with van der Waals surface area (Å²) < 4.78 is 10.1. The second-order valence-electron chi connectivity index (χ2n) is 6.85. The van der Waals surface area contributed by atoms with Gasteiger partial charge in [-0.05, 0) is 24.3 Å². The van der Waals surface area contributed by atoms with Gasteiger partial charge in [0.1, 0.15) is 30.5 Å². The third-order valence-corrected chi connectivity index (χ3v) is 7.66. The molecule has 6 N–H and O–H groups in total. The first kappa shape index (κ1) is 23.3. The molecule has 10 nitrogen and oxygen atoms in total. The number of carboxylic acids is 1. The smallest absolute Gasteiger partial charge is 0.335 e. The number of aliphatic carboxylic acids is 1. The van der Waals surface area contributed by atoms with Crippen LogP contribution < -0.4 is 0 Å². The molecule has 0 unspecified atom stereocenters. The molecule has 1 aromatic rings. The SMILES string of the molecule is N#Cc1ccc(S[C@H]2SC[C@@H](O)[C@H](O[C@@H]3O[C@H](C(=O)O)[C@@H](O)[C@H](O)[C@H]3O)[C@H]2O)cc1. The van der Waals surface area contributed by atoms with Crippen molar-refractivity contribution in [3.8, 4) is 6.07 Å². The van der Waals surface area contributed by atoms with E-state index in [2.05, 4.69) is 0 Å². The van der Waals surface area contributed by atoms with Crippen LogP contribution in [0, 0.1) is 11.3 Å². The molecule has 3 rings (SSSR count). The molecule has 0 bridgehead atoms. The molecule has 9 atom stereocenters. The van der Waals surface area contributed by atoms with Gasteiger partial charge in [0.25, 0.3) is 0 Å². The van der Waals surface area contributed by atoms with E-state index in [9.17, 15) is 30.3 Å². The van der Waals surface area contributed by atoms with Crippen molar-refractivity contribution in [2.45, 2.75) is 58.5 Å². The number of aliphatic hydroxyl groups excluding tert-OH is 5. The largest absolute Gasteiger partial charge is 0.479 e. The lowest BCUT2D eigenvalue weighted by Gasteiger charge is -2.43. The Labute approximate surface area is 180 Å². The lowest BCUT2D eigenvalue weighted by molar-refractivity contribution is -0.316. The van der Waals surface area contributed by atoms with Crippen molar-refractivity contribution in [1.82, 2.24) is 0 Å². The highest BCUT2D eigenvalue weighted by Gasteiger charge is 2.50. The molecule has 0 radical (unpaired) electrons. The molecule has 0 saturated carbocycles. The Kier molecular flexibility index (Phi) is 7.61. The standard InChI is InChI=1S/C18H21NO9S2/c19-5-7-1-3-8(4-2-7)30-18-13(24)14(9(20)6-29-18)27-17-12(23)10(21)11(22)15(28-17)16(25)26/h1-4,9-15,17-18,20-24H,6H2,(H,25,26)/t9-,10+,11+,12-,13-,14+,15+,17-,18-/m1/s1. The summed E-state index contributed by atoms with van der Waals surface area (Å²) in [6.45, 7) is 0. The molecule has 0 spiro atoms. The van der Waals surface area contributed by atoms with Gasteiger partial charge >= 0.3 is 5.97 Å². The molecule has 0 aliphatic carbocycles. The average molecular weight is 459 g/mol. The zero-order valence-corrected chi connectivity index (χ0v) is 17.0. The predicted octanol–water partition coefficient (Wildman–Crippen LogP) is -1.28. The van der Waals surface area contributed by atoms with Crippen molar-refractivity contribution >= 4 is 29.5 Å². The quantitative estimate of drug-likeness (QED) is 0.307. The van der Waals surface area contributed by atoms with E-state index in [1.54, 1.807) is 24.3 Å². The van der Waals surface area contributed by atoms with Gasteiger partial charge in [-0.2, -0.15) is 5.26 Å². The van der Waals surface area contributed by atoms with Crippen LogP contribution in [-0.2, 0) is 14.3 Å². The third-order valence-electron chi connectivity index (χ3n) is 4.77. The van der Waals surface area contributed by atoms with E-state index in [1.165, 1.54) is 23.5 Å². The summed E-state index contributed by atoms with van der Waals surface area (Å²) in [7, 11) is 0. The molecule has 2 heterocycles. The van der Waals surface area contributed by atoms with E-state index < -0.39 is 59.6 Å². The molecule has 2 saturated heterocycles. The molecule has 2 fully saturated rings. The molecule has 2 aliphatic rings. The maximum absolute atomic E-state index is 11.2. The third kappa shape index (κ3) is 4.91. The van der Waals surface area contributed by atoms with Crippen LogP contribution in [0.5, 0.6) is 0 Å². The zero-order chi connectivity index (χ0) is 22.0. The number of hydrogen-bond acceptors (Lipinski definition) is 11.